The zero-order chi connectivity index (χ0) is 17.4. The molecule has 2 rings (SSSR count). The first-order valence-electron chi connectivity index (χ1n) is 8.90. The van der Waals surface area contributed by atoms with Gasteiger partial charge in [-0.15, -0.1) is 0 Å². The molecule has 1 aliphatic rings. The van der Waals surface area contributed by atoms with Crippen LogP contribution in [-0.4, -0.2) is 36.3 Å². The number of carbonyl (C=O) groups excluding carboxylic acids is 2. The van der Waals surface area contributed by atoms with E-state index in [1.807, 2.05) is 4.90 Å². The number of carbonyl (C=O) groups is 2. The molecule has 0 atom stereocenters. The predicted octanol–water partition coefficient (Wildman–Crippen LogP) is 2.91. The first-order chi connectivity index (χ1) is 11.6. The third-order valence-electron chi connectivity index (χ3n) is 4.57. The van der Waals surface area contributed by atoms with Gasteiger partial charge in [-0.2, -0.15) is 0 Å². The zero-order valence-electron chi connectivity index (χ0n) is 14.4. The predicted molar refractivity (Wildman–Crippen MR) is 91.9 cm³/mol. The Morgan fingerprint density at radius 1 is 1.17 bits per heavy atom. The topological polar surface area (TPSA) is 49.4 Å². The number of halogens is 1. The number of nitrogens with one attached hydrogen (secondary N) is 1. The molecule has 1 saturated heterocycles. The second kappa shape index (κ2) is 9.40. The molecule has 1 N–H and O–H groups in total. The Balaban J connectivity index is 1.72. The third-order valence-corrected chi connectivity index (χ3v) is 4.57. The molecule has 0 aromatic heterocycles. The van der Waals surface area contributed by atoms with Crippen molar-refractivity contribution in [3.05, 3.63) is 35.6 Å². The van der Waals surface area contributed by atoms with Crippen LogP contribution in [0.2, 0.25) is 0 Å². The molecule has 5 heteroatoms. The van der Waals surface area contributed by atoms with E-state index in [0.717, 1.165) is 44.2 Å². The smallest absolute Gasteiger partial charge is 0.226 e. The largest absolute Gasteiger partial charge is 0.356 e. The fourth-order valence-corrected chi connectivity index (χ4v) is 3.01. The second-order valence-electron chi connectivity index (χ2n) is 6.46. The average molecular weight is 334 g/mol. The summed E-state index contributed by atoms with van der Waals surface area (Å²) in [5.41, 5.74) is 0.817. The summed E-state index contributed by atoms with van der Waals surface area (Å²) in [6, 6.07) is 6.03. The molecule has 24 heavy (non-hydrogen) atoms. The molecule has 1 fully saturated rings. The Morgan fingerprint density at radius 3 is 2.46 bits per heavy atom. The van der Waals surface area contributed by atoms with Gasteiger partial charge in [0, 0.05) is 25.6 Å². The van der Waals surface area contributed by atoms with Crippen LogP contribution >= 0.6 is 0 Å². The van der Waals surface area contributed by atoms with E-state index >= 15 is 0 Å². The summed E-state index contributed by atoms with van der Waals surface area (Å²) >= 11 is 0. The van der Waals surface area contributed by atoms with Crippen LogP contribution in [-0.2, 0) is 16.0 Å². The van der Waals surface area contributed by atoms with E-state index in [0.29, 0.717) is 13.1 Å². The lowest BCUT2D eigenvalue weighted by Crippen LogP contribution is -2.43. The van der Waals surface area contributed by atoms with Crippen molar-refractivity contribution in [3.8, 4) is 0 Å². The summed E-state index contributed by atoms with van der Waals surface area (Å²) in [6.45, 7) is 4.12. The quantitative estimate of drug-likeness (QED) is 0.780. The summed E-state index contributed by atoms with van der Waals surface area (Å²) in [4.78, 5) is 26.2. The average Bonchev–Trinajstić information content (AvgIpc) is 2.60. The Kier molecular flexibility index (Phi) is 7.22. The molecule has 0 spiro atoms. The molecule has 0 radical (unpaired) electrons. The van der Waals surface area contributed by atoms with Crippen LogP contribution in [0.15, 0.2) is 24.3 Å². The third kappa shape index (κ3) is 5.62. The fraction of sp³-hybridized carbons (Fsp3) is 0.579. The van der Waals surface area contributed by atoms with Gasteiger partial charge in [-0.1, -0.05) is 31.9 Å². The number of benzene rings is 1. The highest BCUT2D eigenvalue weighted by Gasteiger charge is 2.26. The minimum atomic E-state index is -0.294. The molecular weight excluding hydrogens is 307 g/mol. The number of unbranched alkanes of at least 4 members (excludes halogenated alkanes) is 2. The SMILES string of the molecule is CCCCCNC(=O)C1CCN(C(=O)Cc2ccc(F)cc2)CC1. The maximum Gasteiger partial charge on any atom is 0.226 e. The van der Waals surface area contributed by atoms with E-state index in [1.165, 1.54) is 12.1 Å². The Morgan fingerprint density at radius 2 is 1.83 bits per heavy atom. The van der Waals surface area contributed by atoms with E-state index in [4.69, 9.17) is 0 Å². The van der Waals surface area contributed by atoms with Gasteiger partial charge < -0.3 is 10.2 Å². The van der Waals surface area contributed by atoms with E-state index in [1.54, 1.807) is 12.1 Å². The standard InChI is InChI=1S/C19H27FN2O2/c1-2-3-4-11-21-19(24)16-9-12-22(13-10-16)18(23)14-15-5-7-17(20)8-6-15/h5-8,16H,2-4,9-14H2,1H3,(H,21,24). The summed E-state index contributed by atoms with van der Waals surface area (Å²) < 4.78 is 12.9. The molecule has 1 aromatic carbocycles. The minimum Gasteiger partial charge on any atom is -0.356 e. The van der Waals surface area contributed by atoms with Gasteiger partial charge in [0.05, 0.1) is 6.42 Å². The maximum absolute atomic E-state index is 12.9. The molecule has 0 bridgehead atoms. The van der Waals surface area contributed by atoms with Crippen molar-refractivity contribution in [2.45, 2.75) is 45.4 Å². The highest BCUT2D eigenvalue weighted by atomic mass is 19.1. The highest BCUT2D eigenvalue weighted by molar-refractivity contribution is 5.81. The van der Waals surface area contributed by atoms with Crippen LogP contribution in [0.4, 0.5) is 4.39 Å². The summed E-state index contributed by atoms with van der Waals surface area (Å²) in [7, 11) is 0. The van der Waals surface area contributed by atoms with Crippen LogP contribution in [0.25, 0.3) is 0 Å². The number of hydrogen-bond acceptors (Lipinski definition) is 2. The van der Waals surface area contributed by atoms with Crippen molar-refractivity contribution in [1.82, 2.24) is 10.2 Å². The van der Waals surface area contributed by atoms with Crippen molar-refractivity contribution < 1.29 is 14.0 Å². The van der Waals surface area contributed by atoms with Crippen LogP contribution in [0.5, 0.6) is 0 Å². The molecule has 0 aliphatic carbocycles. The van der Waals surface area contributed by atoms with E-state index < -0.39 is 0 Å². The number of amides is 2. The first kappa shape index (κ1) is 18.4. The Labute approximate surface area is 143 Å². The molecule has 132 valence electrons. The fourth-order valence-electron chi connectivity index (χ4n) is 3.01. The monoisotopic (exact) mass is 334 g/mol. The van der Waals surface area contributed by atoms with E-state index in [2.05, 4.69) is 12.2 Å². The van der Waals surface area contributed by atoms with Crippen molar-refractivity contribution in [2.24, 2.45) is 5.92 Å². The van der Waals surface area contributed by atoms with E-state index in [-0.39, 0.29) is 30.0 Å². The molecule has 1 aromatic rings. The highest BCUT2D eigenvalue weighted by Crippen LogP contribution is 2.18. The number of rotatable bonds is 7. The number of nitrogens with zero attached hydrogens (tertiary/aromatic N) is 1. The lowest BCUT2D eigenvalue weighted by atomic mass is 9.95. The van der Waals surface area contributed by atoms with Crippen molar-refractivity contribution in [3.63, 3.8) is 0 Å². The normalized spacial score (nSPS) is 15.3. The van der Waals surface area contributed by atoms with Gasteiger partial charge in [-0.25, -0.2) is 4.39 Å². The van der Waals surface area contributed by atoms with Gasteiger partial charge >= 0.3 is 0 Å². The summed E-state index contributed by atoms with van der Waals surface area (Å²) in [5.74, 6) is -0.112. The van der Waals surface area contributed by atoms with Gasteiger partial charge in [0.15, 0.2) is 0 Å². The molecule has 1 aliphatic heterocycles. The Bertz CT molecular complexity index is 537. The van der Waals surface area contributed by atoms with Crippen LogP contribution in [0.3, 0.4) is 0 Å². The van der Waals surface area contributed by atoms with Gasteiger partial charge in [0.25, 0.3) is 0 Å². The van der Waals surface area contributed by atoms with Crippen molar-refractivity contribution in [1.29, 1.82) is 0 Å². The molecule has 0 unspecified atom stereocenters. The van der Waals surface area contributed by atoms with E-state index in [9.17, 15) is 14.0 Å². The number of likely N-dealkylation sites (tertiary alicyclic amines) is 1. The number of piperidine rings is 1. The second-order valence-corrected chi connectivity index (χ2v) is 6.46. The minimum absolute atomic E-state index is 0.0153. The lowest BCUT2D eigenvalue weighted by molar-refractivity contribution is -0.135. The lowest BCUT2D eigenvalue weighted by Gasteiger charge is -2.31. The molecule has 1 heterocycles. The molecule has 0 saturated carbocycles. The van der Waals surface area contributed by atoms with Gasteiger partial charge in [-0.05, 0) is 37.0 Å². The summed E-state index contributed by atoms with van der Waals surface area (Å²) in [6.07, 6.45) is 5.02. The molecular formula is C19H27FN2O2. The molecule has 4 nitrogen and oxygen atoms in total. The van der Waals surface area contributed by atoms with Crippen LogP contribution in [0, 0.1) is 11.7 Å². The van der Waals surface area contributed by atoms with Gasteiger partial charge in [0.2, 0.25) is 11.8 Å². The van der Waals surface area contributed by atoms with Gasteiger partial charge in [-0.3, -0.25) is 9.59 Å². The Hall–Kier alpha value is -1.91. The van der Waals surface area contributed by atoms with Crippen molar-refractivity contribution in [2.75, 3.05) is 19.6 Å². The summed E-state index contributed by atoms with van der Waals surface area (Å²) in [5, 5.41) is 3.00. The van der Waals surface area contributed by atoms with Crippen LogP contribution in [0.1, 0.15) is 44.6 Å². The van der Waals surface area contributed by atoms with Crippen LogP contribution < -0.4 is 5.32 Å². The van der Waals surface area contributed by atoms with Gasteiger partial charge in [0.1, 0.15) is 5.82 Å². The maximum atomic E-state index is 12.9. The first-order valence-corrected chi connectivity index (χ1v) is 8.90. The van der Waals surface area contributed by atoms with Crippen molar-refractivity contribution >= 4 is 11.8 Å². The zero-order valence-corrected chi connectivity index (χ0v) is 14.4. The molecule has 2 amide bonds. The number of hydrogen-bond donors (Lipinski definition) is 1.